The average Bonchev–Trinajstić information content (AvgIpc) is 3.10. The number of thiazole rings is 1. The molecule has 2 aromatic carbocycles. The lowest BCUT2D eigenvalue weighted by atomic mass is 10.2. The summed E-state index contributed by atoms with van der Waals surface area (Å²) in [6.07, 6.45) is -4.45. The molecule has 4 nitrogen and oxygen atoms in total. The third kappa shape index (κ3) is 4.33. The number of hydrogen-bond acceptors (Lipinski definition) is 4. The summed E-state index contributed by atoms with van der Waals surface area (Å²) in [5.74, 6) is -0.557. The second-order valence-corrected chi connectivity index (χ2v) is 6.50. The van der Waals surface area contributed by atoms with Crippen molar-refractivity contribution in [3.63, 3.8) is 0 Å². The maximum Gasteiger partial charge on any atom is 0.416 e. The first kappa shape index (κ1) is 18.2. The van der Waals surface area contributed by atoms with Crippen molar-refractivity contribution in [1.82, 2.24) is 10.4 Å². The minimum atomic E-state index is -4.45. The number of hydrogen-bond donors (Lipinski definition) is 2. The maximum atomic E-state index is 12.7. The van der Waals surface area contributed by atoms with E-state index < -0.39 is 17.6 Å². The van der Waals surface area contributed by atoms with Crippen LogP contribution in [0.25, 0.3) is 10.6 Å². The summed E-state index contributed by atoms with van der Waals surface area (Å²) in [7, 11) is 0. The predicted molar refractivity (Wildman–Crippen MR) is 95.1 cm³/mol. The molecule has 0 saturated carbocycles. The number of anilines is 1. The van der Waals surface area contributed by atoms with Crippen LogP contribution in [0.1, 0.15) is 16.1 Å². The largest absolute Gasteiger partial charge is 0.416 e. The van der Waals surface area contributed by atoms with Crippen molar-refractivity contribution in [2.45, 2.75) is 6.18 Å². The van der Waals surface area contributed by atoms with E-state index in [0.29, 0.717) is 10.0 Å². The highest BCUT2D eigenvalue weighted by Gasteiger charge is 2.30. The molecule has 9 heteroatoms. The second-order valence-electron chi connectivity index (χ2n) is 5.20. The van der Waals surface area contributed by atoms with Crippen LogP contribution < -0.4 is 10.9 Å². The quantitative estimate of drug-likeness (QED) is 0.592. The predicted octanol–water partition coefficient (Wildman–Crippen LogP) is 5.24. The Morgan fingerprint density at radius 2 is 1.85 bits per heavy atom. The fourth-order valence-corrected chi connectivity index (χ4v) is 3.00. The zero-order chi connectivity index (χ0) is 18.7. The van der Waals surface area contributed by atoms with E-state index in [1.165, 1.54) is 23.5 Å². The van der Waals surface area contributed by atoms with Gasteiger partial charge in [-0.1, -0.05) is 29.8 Å². The number of hydrazine groups is 1. The molecule has 1 aromatic heterocycles. The summed E-state index contributed by atoms with van der Waals surface area (Å²) in [6, 6.07) is 11.5. The molecule has 0 radical (unpaired) electrons. The van der Waals surface area contributed by atoms with E-state index in [1.807, 2.05) is 0 Å². The van der Waals surface area contributed by atoms with Crippen LogP contribution in [0.3, 0.4) is 0 Å². The first-order valence-electron chi connectivity index (χ1n) is 7.28. The molecule has 0 atom stereocenters. The number of benzene rings is 2. The molecule has 3 aromatic rings. The van der Waals surface area contributed by atoms with Gasteiger partial charge in [-0.05, 0) is 30.3 Å². The van der Waals surface area contributed by atoms with Gasteiger partial charge in [-0.2, -0.15) is 13.2 Å². The molecule has 0 aliphatic heterocycles. The molecule has 0 aliphatic rings. The number of alkyl halides is 3. The van der Waals surface area contributed by atoms with Crippen LogP contribution in [-0.4, -0.2) is 10.9 Å². The Labute approximate surface area is 155 Å². The number of amides is 1. The summed E-state index contributed by atoms with van der Waals surface area (Å²) in [4.78, 5) is 16.3. The molecule has 0 fully saturated rings. The normalized spacial score (nSPS) is 11.2. The number of halogens is 4. The van der Waals surface area contributed by atoms with E-state index in [1.54, 1.807) is 29.6 Å². The summed E-state index contributed by atoms with van der Waals surface area (Å²) < 4.78 is 38.1. The first-order valence-corrected chi connectivity index (χ1v) is 8.54. The molecule has 0 unspecified atom stereocenters. The molecule has 1 heterocycles. The molecule has 0 aliphatic carbocycles. The van der Waals surface area contributed by atoms with E-state index in [2.05, 4.69) is 15.8 Å². The topological polar surface area (TPSA) is 54.0 Å². The van der Waals surface area contributed by atoms with Crippen molar-refractivity contribution >= 4 is 34.5 Å². The molecule has 1 amide bonds. The molecule has 3 rings (SSSR count). The van der Waals surface area contributed by atoms with Crippen LogP contribution >= 0.6 is 22.9 Å². The lowest BCUT2D eigenvalue weighted by Gasteiger charge is -2.10. The Morgan fingerprint density at radius 3 is 2.54 bits per heavy atom. The van der Waals surface area contributed by atoms with E-state index in [9.17, 15) is 18.0 Å². The number of rotatable bonds is 4. The molecule has 0 spiro atoms. The van der Waals surface area contributed by atoms with Crippen molar-refractivity contribution in [2.75, 3.05) is 5.43 Å². The molecular weight excluding hydrogens is 387 g/mol. The smallest absolute Gasteiger partial charge is 0.298 e. The number of carbonyl (C=O) groups excluding carboxylic acids is 1. The summed E-state index contributed by atoms with van der Waals surface area (Å²) in [5, 5.41) is 2.78. The molecule has 0 bridgehead atoms. The van der Waals surface area contributed by atoms with Gasteiger partial charge in [0.25, 0.3) is 5.91 Å². The van der Waals surface area contributed by atoms with E-state index >= 15 is 0 Å². The average molecular weight is 398 g/mol. The van der Waals surface area contributed by atoms with Crippen molar-refractivity contribution in [3.05, 3.63) is 70.2 Å². The Kier molecular flexibility index (Phi) is 5.15. The van der Waals surface area contributed by atoms with Crippen molar-refractivity contribution in [1.29, 1.82) is 0 Å². The van der Waals surface area contributed by atoms with Gasteiger partial charge in [0.05, 0.1) is 11.3 Å². The van der Waals surface area contributed by atoms with Crippen LogP contribution in [-0.2, 0) is 6.18 Å². The van der Waals surface area contributed by atoms with Crippen LogP contribution in [0.4, 0.5) is 18.9 Å². The number of nitrogens with one attached hydrogen (secondary N) is 2. The van der Waals surface area contributed by atoms with Gasteiger partial charge in [-0.3, -0.25) is 15.6 Å². The molecular formula is C17H11ClF3N3OS. The van der Waals surface area contributed by atoms with Gasteiger partial charge in [0.15, 0.2) is 0 Å². The van der Waals surface area contributed by atoms with Crippen LogP contribution in [0.2, 0.25) is 5.02 Å². The monoisotopic (exact) mass is 397 g/mol. The van der Waals surface area contributed by atoms with Crippen LogP contribution in [0.5, 0.6) is 0 Å². The van der Waals surface area contributed by atoms with E-state index in [0.717, 1.165) is 17.7 Å². The summed E-state index contributed by atoms with van der Waals surface area (Å²) >= 11 is 7.11. The third-order valence-electron chi connectivity index (χ3n) is 3.34. The Morgan fingerprint density at radius 1 is 1.12 bits per heavy atom. The number of aromatic nitrogens is 1. The highest BCUT2D eigenvalue weighted by Crippen LogP contribution is 2.30. The Hall–Kier alpha value is -2.58. The Bertz CT molecular complexity index is 926. The lowest BCUT2D eigenvalue weighted by molar-refractivity contribution is -0.137. The molecule has 26 heavy (non-hydrogen) atoms. The van der Waals surface area contributed by atoms with Gasteiger partial charge in [0, 0.05) is 16.0 Å². The zero-order valence-electron chi connectivity index (χ0n) is 13.0. The van der Waals surface area contributed by atoms with Gasteiger partial charge in [-0.25, -0.2) is 4.98 Å². The highest BCUT2D eigenvalue weighted by molar-refractivity contribution is 7.13. The standard InChI is InChI=1S/C17H11ClF3N3OS/c18-12-6-4-10(5-7-12)16-22-14(9-26-16)15(25)24-23-13-3-1-2-11(8-13)17(19,20)21/h1-9,23H,(H,24,25). The number of carbonyl (C=O) groups is 1. The minimum absolute atomic E-state index is 0.112. The van der Waals surface area contributed by atoms with Gasteiger partial charge < -0.3 is 0 Å². The van der Waals surface area contributed by atoms with Crippen LogP contribution in [0, 0.1) is 0 Å². The maximum absolute atomic E-state index is 12.7. The van der Waals surface area contributed by atoms with Gasteiger partial charge in [0.2, 0.25) is 0 Å². The van der Waals surface area contributed by atoms with E-state index in [-0.39, 0.29) is 11.4 Å². The summed E-state index contributed by atoms with van der Waals surface area (Å²) in [6.45, 7) is 0. The van der Waals surface area contributed by atoms with Crippen molar-refractivity contribution in [2.24, 2.45) is 0 Å². The Balaban J connectivity index is 1.67. The molecule has 0 saturated heterocycles. The van der Waals surface area contributed by atoms with Gasteiger partial charge in [-0.15, -0.1) is 11.3 Å². The third-order valence-corrected chi connectivity index (χ3v) is 4.48. The van der Waals surface area contributed by atoms with Crippen molar-refractivity contribution < 1.29 is 18.0 Å². The molecule has 134 valence electrons. The first-order chi connectivity index (χ1) is 12.3. The number of nitrogens with zero attached hydrogens (tertiary/aromatic N) is 1. The SMILES string of the molecule is O=C(NNc1cccc(C(F)(F)F)c1)c1csc(-c2ccc(Cl)cc2)n1. The van der Waals surface area contributed by atoms with Crippen molar-refractivity contribution in [3.8, 4) is 10.6 Å². The zero-order valence-corrected chi connectivity index (χ0v) is 14.5. The fourth-order valence-electron chi connectivity index (χ4n) is 2.07. The highest BCUT2D eigenvalue weighted by atomic mass is 35.5. The van der Waals surface area contributed by atoms with E-state index in [4.69, 9.17) is 11.6 Å². The van der Waals surface area contributed by atoms with Gasteiger partial charge >= 0.3 is 6.18 Å². The lowest BCUT2D eigenvalue weighted by Crippen LogP contribution is -2.29. The second kappa shape index (κ2) is 7.35. The summed E-state index contributed by atoms with van der Waals surface area (Å²) in [5.41, 5.74) is 5.06. The van der Waals surface area contributed by atoms with Gasteiger partial charge in [0.1, 0.15) is 10.7 Å². The molecule has 2 N–H and O–H groups in total. The van der Waals surface area contributed by atoms with Crippen LogP contribution in [0.15, 0.2) is 53.9 Å². The fraction of sp³-hybridized carbons (Fsp3) is 0.0588. The minimum Gasteiger partial charge on any atom is -0.298 e.